The molecule has 0 aromatic carbocycles. The van der Waals surface area contributed by atoms with Crippen molar-refractivity contribution in [2.24, 2.45) is 0 Å². The summed E-state index contributed by atoms with van der Waals surface area (Å²) >= 11 is 1.38. The fourth-order valence-electron chi connectivity index (χ4n) is 1.95. The van der Waals surface area contributed by atoms with Crippen molar-refractivity contribution in [2.75, 3.05) is 5.75 Å². The van der Waals surface area contributed by atoms with Gasteiger partial charge < -0.3 is 5.32 Å². The van der Waals surface area contributed by atoms with Crippen LogP contribution < -0.4 is 5.32 Å². The maximum atomic E-state index is 11.9. The molecule has 2 aromatic rings. The van der Waals surface area contributed by atoms with Crippen LogP contribution in [0.3, 0.4) is 0 Å². The fraction of sp³-hybridized carbons (Fsp3) is 0.375. The molecule has 0 bridgehead atoms. The molecule has 2 aromatic heterocycles. The number of nitrogens with zero attached hydrogens (tertiary/aromatic N) is 4. The highest BCUT2D eigenvalue weighted by molar-refractivity contribution is 7.99. The highest BCUT2D eigenvalue weighted by atomic mass is 32.2. The van der Waals surface area contributed by atoms with E-state index in [1.807, 2.05) is 30.5 Å². The Kier molecular flexibility index (Phi) is 6.34. The van der Waals surface area contributed by atoms with Crippen molar-refractivity contribution >= 4 is 17.7 Å². The average molecular weight is 331 g/mol. The molecule has 1 N–H and O–H groups in total. The number of allylic oxidation sites excluding steroid dienone is 1. The van der Waals surface area contributed by atoms with E-state index < -0.39 is 0 Å². The number of amides is 1. The minimum absolute atomic E-state index is 0.00274. The third-order valence-corrected chi connectivity index (χ3v) is 4.29. The monoisotopic (exact) mass is 331 g/mol. The molecule has 0 aliphatic carbocycles. The van der Waals surface area contributed by atoms with Gasteiger partial charge in [-0.2, -0.15) is 0 Å². The molecular formula is C16H21N5OS. The highest BCUT2D eigenvalue weighted by Crippen LogP contribution is 2.23. The summed E-state index contributed by atoms with van der Waals surface area (Å²) in [7, 11) is 0. The predicted octanol–water partition coefficient (Wildman–Crippen LogP) is 2.53. The normalized spacial score (nSPS) is 11.9. The Labute approximate surface area is 140 Å². The Morgan fingerprint density at radius 1 is 1.43 bits per heavy atom. The van der Waals surface area contributed by atoms with Gasteiger partial charge in [0.1, 0.15) is 0 Å². The van der Waals surface area contributed by atoms with Gasteiger partial charge in [0, 0.05) is 30.5 Å². The number of pyridine rings is 1. The van der Waals surface area contributed by atoms with Crippen LogP contribution in [0.1, 0.15) is 20.3 Å². The van der Waals surface area contributed by atoms with E-state index in [2.05, 4.69) is 27.1 Å². The van der Waals surface area contributed by atoms with Gasteiger partial charge in [-0.3, -0.25) is 14.3 Å². The van der Waals surface area contributed by atoms with E-state index >= 15 is 0 Å². The van der Waals surface area contributed by atoms with Crippen molar-refractivity contribution in [1.82, 2.24) is 25.1 Å². The molecular weight excluding hydrogens is 310 g/mol. The van der Waals surface area contributed by atoms with Gasteiger partial charge in [-0.15, -0.1) is 16.8 Å². The van der Waals surface area contributed by atoms with E-state index in [9.17, 15) is 4.79 Å². The number of aromatic nitrogens is 4. The number of thioether (sulfide) groups is 1. The summed E-state index contributed by atoms with van der Waals surface area (Å²) in [5.41, 5.74) is 0.935. The molecule has 2 rings (SSSR count). The van der Waals surface area contributed by atoms with E-state index in [1.54, 1.807) is 18.5 Å². The lowest BCUT2D eigenvalue weighted by Gasteiger charge is -2.11. The minimum atomic E-state index is 0.00274. The summed E-state index contributed by atoms with van der Waals surface area (Å²) in [5.74, 6) is 1.07. The van der Waals surface area contributed by atoms with E-state index in [0.29, 0.717) is 17.5 Å². The van der Waals surface area contributed by atoms with Crippen molar-refractivity contribution in [3.63, 3.8) is 0 Å². The topological polar surface area (TPSA) is 72.7 Å². The maximum absolute atomic E-state index is 11.9. The van der Waals surface area contributed by atoms with Gasteiger partial charge in [0.25, 0.3) is 0 Å². The molecule has 0 saturated carbocycles. The Morgan fingerprint density at radius 2 is 2.17 bits per heavy atom. The zero-order chi connectivity index (χ0) is 16.7. The van der Waals surface area contributed by atoms with Gasteiger partial charge in [0.2, 0.25) is 5.91 Å². The number of hydrogen-bond acceptors (Lipinski definition) is 5. The first-order valence-electron chi connectivity index (χ1n) is 7.52. The van der Waals surface area contributed by atoms with Gasteiger partial charge in [-0.25, -0.2) is 0 Å². The third kappa shape index (κ3) is 4.66. The zero-order valence-electron chi connectivity index (χ0n) is 13.4. The van der Waals surface area contributed by atoms with E-state index in [1.165, 1.54) is 11.8 Å². The molecule has 0 radical (unpaired) electrons. The van der Waals surface area contributed by atoms with Gasteiger partial charge >= 0.3 is 0 Å². The first-order chi connectivity index (χ1) is 11.2. The summed E-state index contributed by atoms with van der Waals surface area (Å²) in [6.07, 6.45) is 6.13. The molecule has 1 atom stereocenters. The van der Waals surface area contributed by atoms with Crippen molar-refractivity contribution < 1.29 is 4.79 Å². The van der Waals surface area contributed by atoms with Crippen molar-refractivity contribution in [3.05, 3.63) is 37.2 Å². The molecule has 0 saturated heterocycles. The lowest BCUT2D eigenvalue weighted by atomic mass is 10.2. The molecule has 23 heavy (non-hydrogen) atoms. The summed E-state index contributed by atoms with van der Waals surface area (Å²) in [6.45, 7) is 8.40. The summed E-state index contributed by atoms with van der Waals surface area (Å²) in [6, 6.07) is 3.95. The van der Waals surface area contributed by atoms with Crippen LogP contribution in [0.4, 0.5) is 0 Å². The molecule has 6 nitrogen and oxygen atoms in total. The van der Waals surface area contributed by atoms with Gasteiger partial charge in [-0.05, 0) is 25.5 Å². The van der Waals surface area contributed by atoms with Crippen LogP contribution in [-0.4, -0.2) is 37.5 Å². The molecule has 122 valence electrons. The second kappa shape index (κ2) is 8.47. The lowest BCUT2D eigenvalue weighted by Crippen LogP contribution is -2.33. The second-order valence-corrected chi connectivity index (χ2v) is 6.05. The van der Waals surface area contributed by atoms with E-state index in [0.717, 1.165) is 17.8 Å². The molecule has 2 heterocycles. The van der Waals surface area contributed by atoms with E-state index in [-0.39, 0.29) is 11.9 Å². The molecule has 0 fully saturated rings. The SMILES string of the molecule is C=CCn1c(SCC(=O)N[C@@H](C)CC)nnc1-c1ccncc1. The van der Waals surface area contributed by atoms with Crippen LogP contribution in [-0.2, 0) is 11.3 Å². The van der Waals surface area contributed by atoms with Gasteiger partial charge in [-0.1, -0.05) is 24.8 Å². The fourth-order valence-corrected chi connectivity index (χ4v) is 2.71. The maximum Gasteiger partial charge on any atom is 0.230 e. The second-order valence-electron chi connectivity index (χ2n) is 5.11. The van der Waals surface area contributed by atoms with Gasteiger partial charge in [0.05, 0.1) is 5.75 Å². The minimum Gasteiger partial charge on any atom is -0.353 e. The molecule has 0 spiro atoms. The number of carbonyl (C=O) groups excluding carboxylic acids is 1. The first kappa shape index (κ1) is 17.2. The Bertz CT molecular complexity index is 656. The van der Waals surface area contributed by atoms with Crippen LogP contribution in [0, 0.1) is 0 Å². The zero-order valence-corrected chi connectivity index (χ0v) is 14.2. The largest absolute Gasteiger partial charge is 0.353 e. The number of carbonyl (C=O) groups is 1. The van der Waals surface area contributed by atoms with Crippen molar-refractivity contribution in [3.8, 4) is 11.4 Å². The Hall–Kier alpha value is -2.15. The number of hydrogen-bond donors (Lipinski definition) is 1. The quantitative estimate of drug-likeness (QED) is 0.594. The molecule has 1 amide bonds. The van der Waals surface area contributed by atoms with Gasteiger partial charge in [0.15, 0.2) is 11.0 Å². The summed E-state index contributed by atoms with van der Waals surface area (Å²) < 4.78 is 1.95. The summed E-state index contributed by atoms with van der Waals surface area (Å²) in [5, 5.41) is 12.1. The van der Waals surface area contributed by atoms with Crippen LogP contribution in [0.15, 0.2) is 42.3 Å². The highest BCUT2D eigenvalue weighted by Gasteiger charge is 2.15. The van der Waals surface area contributed by atoms with Crippen LogP contribution in [0.25, 0.3) is 11.4 Å². The van der Waals surface area contributed by atoms with Crippen LogP contribution >= 0.6 is 11.8 Å². The first-order valence-corrected chi connectivity index (χ1v) is 8.51. The number of rotatable bonds is 8. The van der Waals surface area contributed by atoms with E-state index in [4.69, 9.17) is 0 Å². The van der Waals surface area contributed by atoms with Crippen LogP contribution in [0.5, 0.6) is 0 Å². The van der Waals surface area contributed by atoms with Crippen molar-refractivity contribution in [1.29, 1.82) is 0 Å². The standard InChI is InChI=1S/C16H21N5OS/c1-4-10-21-15(13-6-8-17-9-7-13)19-20-16(21)23-11-14(22)18-12(3)5-2/h4,6-9,12H,1,5,10-11H2,2-3H3,(H,18,22)/t12-/m0/s1. The van der Waals surface area contributed by atoms with Crippen molar-refractivity contribution in [2.45, 2.75) is 38.0 Å². The smallest absolute Gasteiger partial charge is 0.230 e. The number of nitrogens with one attached hydrogen (secondary N) is 1. The Balaban J connectivity index is 2.12. The molecule has 7 heteroatoms. The average Bonchev–Trinajstić information content (AvgIpc) is 2.97. The van der Waals surface area contributed by atoms with Crippen LogP contribution in [0.2, 0.25) is 0 Å². The molecule has 0 aliphatic heterocycles. The molecule has 0 aliphatic rings. The summed E-state index contributed by atoms with van der Waals surface area (Å²) in [4.78, 5) is 15.9. The third-order valence-electron chi connectivity index (χ3n) is 3.32. The lowest BCUT2D eigenvalue weighted by molar-refractivity contribution is -0.119. The Morgan fingerprint density at radius 3 is 2.83 bits per heavy atom. The predicted molar refractivity (Wildman–Crippen MR) is 92.1 cm³/mol. The molecule has 0 unspecified atom stereocenters.